The molecule has 0 unspecified atom stereocenters. The number of hydrogen-bond acceptors (Lipinski definition) is 1. The first-order valence-electron chi connectivity index (χ1n) is 8.32. The van der Waals surface area contributed by atoms with Crippen LogP contribution in [0.2, 0.25) is 17.1 Å². The van der Waals surface area contributed by atoms with Gasteiger partial charge in [-0.25, -0.2) is 22.0 Å². The summed E-state index contributed by atoms with van der Waals surface area (Å²) >= 11 is 0. The van der Waals surface area contributed by atoms with Gasteiger partial charge >= 0.3 is 0 Å². The lowest BCUT2D eigenvalue weighted by Crippen LogP contribution is -2.47. The fourth-order valence-electron chi connectivity index (χ4n) is 3.51. The Kier molecular flexibility index (Phi) is 5.65. The van der Waals surface area contributed by atoms with E-state index < -0.39 is 59.7 Å². The van der Waals surface area contributed by atoms with Crippen LogP contribution >= 0.6 is 0 Å². The molecular formula is C18H20F6OSi. The minimum Gasteiger partial charge on any atom is -0.539 e. The highest BCUT2D eigenvalue weighted by Crippen LogP contribution is 2.42. The largest absolute Gasteiger partial charge is 0.539 e. The minimum atomic E-state index is -2.84. The van der Waals surface area contributed by atoms with Crippen molar-refractivity contribution >= 4 is 19.1 Å². The molecule has 1 nitrogen and oxygen atoms in total. The van der Waals surface area contributed by atoms with E-state index in [1.807, 2.05) is 27.7 Å². The molecule has 26 heavy (non-hydrogen) atoms. The van der Waals surface area contributed by atoms with Crippen LogP contribution in [-0.4, -0.2) is 8.32 Å². The van der Waals surface area contributed by atoms with E-state index in [4.69, 9.17) is 4.43 Å². The molecular weight excluding hydrogens is 374 g/mol. The van der Waals surface area contributed by atoms with Gasteiger partial charge in [0, 0.05) is 6.07 Å². The lowest BCUT2D eigenvalue weighted by molar-refractivity contribution is 0.403. The molecule has 0 aliphatic heterocycles. The van der Waals surface area contributed by atoms with Crippen LogP contribution in [-0.2, 0) is 0 Å². The van der Waals surface area contributed by atoms with Gasteiger partial charge in [0.2, 0.25) is 5.82 Å². The summed E-state index contributed by atoms with van der Waals surface area (Å²) in [6.07, 6.45) is 0. The van der Waals surface area contributed by atoms with Gasteiger partial charge in [-0.15, -0.1) is 0 Å². The van der Waals surface area contributed by atoms with Crippen molar-refractivity contribution in [3.8, 4) is 5.75 Å². The van der Waals surface area contributed by atoms with Crippen molar-refractivity contribution in [1.29, 1.82) is 0 Å². The average Bonchev–Trinajstić information content (AvgIpc) is 2.55. The molecule has 0 saturated heterocycles. The fourth-order valence-corrected chi connectivity index (χ4v) is 7.65. The first-order chi connectivity index (χ1) is 12.0. The Bertz CT molecular complexity index is 842. The Morgan fingerprint density at radius 2 is 1.31 bits per heavy atom. The Labute approximate surface area is 149 Å². The molecule has 0 spiro atoms. The second-order valence-corrected chi connectivity index (χ2v) is 12.0. The minimum absolute atomic E-state index is 0.0491. The number of hydrogen-bond donors (Lipinski definition) is 0. The van der Waals surface area contributed by atoms with Crippen molar-refractivity contribution in [2.75, 3.05) is 0 Å². The normalized spacial score (nSPS) is 12.5. The van der Waals surface area contributed by atoms with Gasteiger partial charge in [0.25, 0.3) is 8.32 Å². The number of rotatable bonds is 5. The van der Waals surface area contributed by atoms with Crippen LogP contribution in [0.1, 0.15) is 34.6 Å². The van der Waals surface area contributed by atoms with Crippen LogP contribution in [0.4, 0.5) is 26.3 Å². The van der Waals surface area contributed by atoms with Gasteiger partial charge in [-0.05, 0) is 17.1 Å². The first kappa shape index (κ1) is 20.6. The highest BCUT2D eigenvalue weighted by Gasteiger charge is 2.44. The summed E-state index contributed by atoms with van der Waals surface area (Å²) < 4.78 is 90.8. The van der Waals surface area contributed by atoms with E-state index in [9.17, 15) is 26.3 Å². The number of benzene rings is 2. The molecule has 0 amide bonds. The second-order valence-electron chi connectivity index (χ2n) is 6.90. The maximum Gasteiger partial charge on any atom is 0.256 e. The van der Waals surface area contributed by atoms with Crippen molar-refractivity contribution in [3.63, 3.8) is 0 Å². The molecule has 0 aliphatic rings. The quantitative estimate of drug-likeness (QED) is 0.306. The van der Waals surface area contributed by atoms with Crippen LogP contribution < -0.4 is 4.43 Å². The van der Waals surface area contributed by atoms with Gasteiger partial charge in [0.15, 0.2) is 29.0 Å². The monoisotopic (exact) mass is 394 g/mol. The summed E-state index contributed by atoms with van der Waals surface area (Å²) in [7, 11) is -2.84. The lowest BCUT2D eigenvalue weighted by Gasteiger charge is -2.38. The highest BCUT2D eigenvalue weighted by atomic mass is 28.4. The Morgan fingerprint density at radius 1 is 0.769 bits per heavy atom. The predicted octanol–water partition coefficient (Wildman–Crippen LogP) is 6.84. The SMILES string of the molecule is CC[Si](Oc1c(F)c(F)c2c(F)cc(F)c(F)c2c1F)(C(C)C)C(C)C. The molecule has 2 aromatic rings. The third-order valence-electron chi connectivity index (χ3n) is 5.00. The molecule has 0 radical (unpaired) electrons. The summed E-state index contributed by atoms with van der Waals surface area (Å²) in [5, 5.41) is -2.56. The standard InChI is InChI=1S/C18H20F6OSi/c1-6-26(8(2)3,9(4)5)25-18-16(23)13-12(15(22)17(18)24)10(19)7-11(20)14(13)21/h7-9H,6H2,1-5H3. The molecule has 0 bridgehead atoms. The summed E-state index contributed by atoms with van der Waals surface area (Å²) in [6, 6.07) is 0.508. The van der Waals surface area contributed by atoms with Gasteiger partial charge in [0.05, 0.1) is 10.8 Å². The van der Waals surface area contributed by atoms with Crippen LogP contribution in [0, 0.1) is 34.9 Å². The zero-order chi connectivity index (χ0) is 20.0. The summed E-state index contributed by atoms with van der Waals surface area (Å²) in [5.41, 5.74) is -0.196. The van der Waals surface area contributed by atoms with Crippen molar-refractivity contribution in [2.45, 2.75) is 51.7 Å². The average molecular weight is 394 g/mol. The zero-order valence-corrected chi connectivity index (χ0v) is 16.1. The molecule has 0 aromatic heterocycles. The van der Waals surface area contributed by atoms with E-state index in [0.29, 0.717) is 6.04 Å². The van der Waals surface area contributed by atoms with E-state index in [1.54, 1.807) is 6.92 Å². The van der Waals surface area contributed by atoms with E-state index in [1.165, 1.54) is 0 Å². The van der Waals surface area contributed by atoms with Crippen molar-refractivity contribution < 1.29 is 30.8 Å². The molecule has 0 fully saturated rings. The van der Waals surface area contributed by atoms with Crippen molar-refractivity contribution in [1.82, 2.24) is 0 Å². The van der Waals surface area contributed by atoms with Crippen LogP contribution in [0.5, 0.6) is 5.75 Å². The van der Waals surface area contributed by atoms with E-state index in [-0.39, 0.29) is 17.1 Å². The van der Waals surface area contributed by atoms with E-state index in [0.717, 1.165) is 0 Å². The van der Waals surface area contributed by atoms with Gasteiger partial charge in [-0.2, -0.15) is 4.39 Å². The number of fused-ring (bicyclic) bond motifs is 1. The van der Waals surface area contributed by atoms with Crippen LogP contribution in [0.3, 0.4) is 0 Å². The topological polar surface area (TPSA) is 9.23 Å². The Balaban J connectivity index is 2.87. The van der Waals surface area contributed by atoms with Crippen LogP contribution in [0.15, 0.2) is 6.07 Å². The Hall–Kier alpha value is -1.70. The van der Waals surface area contributed by atoms with E-state index >= 15 is 0 Å². The molecule has 0 atom stereocenters. The van der Waals surface area contributed by atoms with Crippen molar-refractivity contribution in [3.05, 3.63) is 41.0 Å². The molecule has 0 heterocycles. The molecule has 0 aliphatic carbocycles. The summed E-state index contributed by atoms with van der Waals surface area (Å²) in [5.74, 6) is -11.4. The summed E-state index contributed by atoms with van der Waals surface area (Å²) in [4.78, 5) is 0. The summed E-state index contributed by atoms with van der Waals surface area (Å²) in [6.45, 7) is 9.08. The first-order valence-corrected chi connectivity index (χ1v) is 10.6. The smallest absolute Gasteiger partial charge is 0.256 e. The second kappa shape index (κ2) is 7.13. The third-order valence-corrected chi connectivity index (χ3v) is 10.6. The van der Waals surface area contributed by atoms with Crippen LogP contribution in [0.25, 0.3) is 10.8 Å². The molecule has 2 rings (SSSR count). The van der Waals surface area contributed by atoms with E-state index in [2.05, 4.69) is 0 Å². The van der Waals surface area contributed by atoms with Gasteiger partial charge in [-0.3, -0.25) is 0 Å². The maximum absolute atomic E-state index is 14.8. The molecule has 0 N–H and O–H groups in total. The predicted molar refractivity (Wildman–Crippen MR) is 90.8 cm³/mol. The highest BCUT2D eigenvalue weighted by molar-refractivity contribution is 6.77. The van der Waals surface area contributed by atoms with Gasteiger partial charge in [-0.1, -0.05) is 34.6 Å². The lowest BCUT2D eigenvalue weighted by atomic mass is 10.1. The Morgan fingerprint density at radius 3 is 1.77 bits per heavy atom. The fraction of sp³-hybridized carbons (Fsp3) is 0.444. The zero-order valence-electron chi connectivity index (χ0n) is 15.1. The van der Waals surface area contributed by atoms with Crippen molar-refractivity contribution in [2.24, 2.45) is 0 Å². The molecule has 0 saturated carbocycles. The molecule has 2 aromatic carbocycles. The van der Waals surface area contributed by atoms with Gasteiger partial charge < -0.3 is 4.43 Å². The molecule has 144 valence electrons. The maximum atomic E-state index is 14.8. The number of halogens is 6. The molecule has 8 heteroatoms. The van der Waals surface area contributed by atoms with Gasteiger partial charge in [0.1, 0.15) is 5.82 Å². The third kappa shape index (κ3) is 2.98.